The van der Waals surface area contributed by atoms with Gasteiger partial charge >= 0.3 is 5.69 Å². The molecule has 9 nitrogen and oxygen atoms in total. The van der Waals surface area contributed by atoms with Crippen molar-refractivity contribution >= 4 is 11.8 Å². The number of H-pyrrole nitrogens is 1. The van der Waals surface area contributed by atoms with E-state index in [1.807, 2.05) is 50.2 Å². The maximum Gasteiger partial charge on any atom is 0.343 e. The van der Waals surface area contributed by atoms with Gasteiger partial charge in [-0.25, -0.2) is 9.48 Å². The van der Waals surface area contributed by atoms with Gasteiger partial charge in [0.25, 0.3) is 11.8 Å². The monoisotopic (exact) mass is 504 g/mol. The smallest absolute Gasteiger partial charge is 0.343 e. The first-order chi connectivity index (χ1) is 17.5. The first kappa shape index (κ1) is 26.3. The zero-order valence-corrected chi connectivity index (χ0v) is 22.5. The predicted molar refractivity (Wildman–Crippen MR) is 143 cm³/mol. The Kier molecular flexibility index (Phi) is 7.10. The maximum absolute atomic E-state index is 12.9. The quantitative estimate of drug-likeness (QED) is 0.534. The van der Waals surface area contributed by atoms with Crippen molar-refractivity contribution in [3.63, 3.8) is 0 Å². The molecule has 4 rings (SSSR count). The highest BCUT2D eigenvalue weighted by molar-refractivity contribution is 5.95. The van der Waals surface area contributed by atoms with Gasteiger partial charge in [0.1, 0.15) is 5.82 Å². The number of carbonyl (C=O) groups excluding carboxylic acids is 2. The van der Waals surface area contributed by atoms with Crippen LogP contribution in [0.5, 0.6) is 0 Å². The van der Waals surface area contributed by atoms with Crippen molar-refractivity contribution in [1.29, 1.82) is 0 Å². The summed E-state index contributed by atoms with van der Waals surface area (Å²) >= 11 is 0. The molecule has 0 aliphatic heterocycles. The molecule has 3 N–H and O–H groups in total. The normalized spacial score (nSPS) is 14.1. The van der Waals surface area contributed by atoms with Crippen LogP contribution in [0.4, 0.5) is 0 Å². The molecule has 0 bridgehead atoms. The third-order valence-electron chi connectivity index (χ3n) is 7.15. The molecule has 1 aromatic heterocycles. The zero-order chi connectivity index (χ0) is 27.1. The van der Waals surface area contributed by atoms with Gasteiger partial charge in [-0.15, -0.1) is 0 Å². The Labute approximate surface area is 217 Å². The van der Waals surface area contributed by atoms with Gasteiger partial charge in [-0.2, -0.15) is 5.10 Å². The Balaban J connectivity index is 2.05. The van der Waals surface area contributed by atoms with Crippen molar-refractivity contribution in [2.75, 3.05) is 34.7 Å². The fourth-order valence-corrected chi connectivity index (χ4v) is 5.37. The summed E-state index contributed by atoms with van der Waals surface area (Å²) < 4.78 is 1.45. The molecular weight excluding hydrogens is 468 g/mol. The number of nitrogens with zero attached hydrogens (tertiary/aromatic N) is 4. The Morgan fingerprint density at radius 2 is 1.46 bits per heavy atom. The summed E-state index contributed by atoms with van der Waals surface area (Å²) in [7, 11) is 6.93. The van der Waals surface area contributed by atoms with Crippen LogP contribution in [0.25, 0.3) is 0 Å². The first-order valence-corrected chi connectivity index (χ1v) is 12.6. The molecule has 1 aliphatic rings. The van der Waals surface area contributed by atoms with Crippen LogP contribution in [0.3, 0.4) is 0 Å². The van der Waals surface area contributed by atoms with Gasteiger partial charge in [-0.1, -0.05) is 12.1 Å². The van der Waals surface area contributed by atoms with Gasteiger partial charge in [0.2, 0.25) is 0 Å². The molecule has 0 saturated carbocycles. The Morgan fingerprint density at radius 3 is 1.84 bits per heavy atom. The number of hydrogen-bond acceptors (Lipinski definition) is 5. The highest BCUT2D eigenvalue weighted by Gasteiger charge is 2.44. The summed E-state index contributed by atoms with van der Waals surface area (Å²) in [6.45, 7) is 4.16. The molecule has 2 aromatic carbocycles. The Morgan fingerprint density at radius 1 is 0.973 bits per heavy atom. The van der Waals surface area contributed by atoms with Gasteiger partial charge < -0.3 is 15.5 Å². The summed E-state index contributed by atoms with van der Waals surface area (Å²) in [6.07, 6.45) is 1.82. The molecule has 1 aliphatic carbocycles. The Bertz CT molecular complexity index is 1330. The topological polar surface area (TPSA) is 117 Å². The number of aromatic amines is 1. The summed E-state index contributed by atoms with van der Waals surface area (Å²) in [5.41, 5.74) is 10.2. The second kappa shape index (κ2) is 9.97. The average molecular weight is 505 g/mol. The minimum absolute atomic E-state index is 0.0784. The molecule has 0 fully saturated rings. The number of aromatic nitrogens is 3. The molecule has 0 saturated heterocycles. The lowest BCUT2D eigenvalue weighted by Gasteiger charge is -2.34. The molecule has 0 radical (unpaired) electrons. The number of amides is 2. The van der Waals surface area contributed by atoms with E-state index in [1.165, 1.54) is 4.68 Å². The number of benzene rings is 2. The number of aryl methyl sites for hydroxylation is 2. The van der Waals surface area contributed by atoms with Crippen molar-refractivity contribution in [2.45, 2.75) is 44.6 Å². The summed E-state index contributed by atoms with van der Waals surface area (Å²) in [4.78, 5) is 44.7. The average Bonchev–Trinajstić information content (AvgIpc) is 3.21. The molecule has 0 unspecified atom stereocenters. The van der Waals surface area contributed by atoms with Gasteiger partial charge in [0.05, 0.1) is 11.5 Å². The van der Waals surface area contributed by atoms with Gasteiger partial charge in [-0.05, 0) is 86.2 Å². The van der Waals surface area contributed by atoms with E-state index in [0.717, 1.165) is 22.3 Å². The van der Waals surface area contributed by atoms with Crippen LogP contribution in [0.2, 0.25) is 0 Å². The van der Waals surface area contributed by atoms with Crippen LogP contribution in [0.1, 0.15) is 75.1 Å². The van der Waals surface area contributed by atoms with Crippen molar-refractivity contribution in [3.05, 3.63) is 86.1 Å². The van der Waals surface area contributed by atoms with Crippen LogP contribution in [0.15, 0.2) is 41.2 Å². The molecule has 196 valence electrons. The number of carbonyl (C=O) groups is 2. The van der Waals surface area contributed by atoms with Gasteiger partial charge in [-0.3, -0.25) is 14.6 Å². The van der Waals surface area contributed by atoms with E-state index in [2.05, 4.69) is 4.98 Å². The van der Waals surface area contributed by atoms with Crippen molar-refractivity contribution in [2.24, 2.45) is 5.73 Å². The van der Waals surface area contributed by atoms with E-state index in [4.69, 9.17) is 10.8 Å². The molecule has 9 heteroatoms. The molecular formula is C28H36N6O3. The second-order valence-electron chi connectivity index (χ2n) is 10.4. The fraction of sp³-hybridized carbons (Fsp3) is 0.429. The molecule has 37 heavy (non-hydrogen) atoms. The highest BCUT2D eigenvalue weighted by Crippen LogP contribution is 2.46. The van der Waals surface area contributed by atoms with E-state index in [9.17, 15) is 14.4 Å². The lowest BCUT2D eigenvalue weighted by atomic mass is 9.69. The lowest BCUT2D eigenvalue weighted by Crippen LogP contribution is -2.35. The number of hydrogen-bond donors (Lipinski definition) is 2. The van der Waals surface area contributed by atoms with Crippen molar-refractivity contribution in [1.82, 2.24) is 24.6 Å². The van der Waals surface area contributed by atoms with Gasteiger partial charge in [0, 0.05) is 39.3 Å². The third-order valence-corrected chi connectivity index (χ3v) is 7.15. The van der Waals surface area contributed by atoms with Crippen LogP contribution in [-0.4, -0.2) is 71.1 Å². The largest absolute Gasteiger partial charge is 0.345 e. The van der Waals surface area contributed by atoms with E-state index >= 15 is 0 Å². The summed E-state index contributed by atoms with van der Waals surface area (Å²) in [5.74, 6) is 0.357. The van der Waals surface area contributed by atoms with Crippen LogP contribution in [0, 0.1) is 0 Å². The summed E-state index contributed by atoms with van der Waals surface area (Å²) in [6, 6.07) is 11.4. The van der Waals surface area contributed by atoms with E-state index in [-0.39, 0.29) is 23.5 Å². The first-order valence-electron chi connectivity index (χ1n) is 12.6. The van der Waals surface area contributed by atoms with Gasteiger partial charge in [0.15, 0.2) is 0 Å². The molecule has 0 atom stereocenters. The van der Waals surface area contributed by atoms with Crippen LogP contribution in [-0.2, 0) is 18.3 Å². The van der Waals surface area contributed by atoms with E-state index in [1.54, 1.807) is 38.0 Å². The third kappa shape index (κ3) is 4.48. The molecule has 2 amide bonds. The fourth-order valence-electron chi connectivity index (χ4n) is 5.37. The molecule has 0 spiro atoms. The minimum atomic E-state index is -0.853. The number of rotatable bonds is 6. The SMILES string of the molecule is CC(C)n1nc(C2(CCN)c3ccc(C(=O)N(C)C)cc3CCc3cc(C(=O)N(C)C)ccc32)[nH]c1=O. The number of fused-ring (bicyclic) bond motifs is 2. The molecule has 3 aromatic rings. The zero-order valence-electron chi connectivity index (χ0n) is 22.5. The maximum atomic E-state index is 12.9. The van der Waals surface area contributed by atoms with Crippen LogP contribution < -0.4 is 11.4 Å². The second-order valence-corrected chi connectivity index (χ2v) is 10.4. The van der Waals surface area contributed by atoms with Crippen molar-refractivity contribution < 1.29 is 9.59 Å². The van der Waals surface area contributed by atoms with E-state index < -0.39 is 5.41 Å². The highest BCUT2D eigenvalue weighted by atomic mass is 16.2. The number of nitrogens with two attached hydrogens (primary N) is 1. The number of nitrogens with one attached hydrogen (secondary N) is 1. The summed E-state index contributed by atoms with van der Waals surface area (Å²) in [5, 5.41) is 4.78. The molecule has 1 heterocycles. The predicted octanol–water partition coefficient (Wildman–Crippen LogP) is 2.34. The standard InChI is InChI=1S/C28H36N6O3/c1-17(2)34-27(37)30-26(31-34)28(13-14-29)22-11-9-20(24(35)32(3)4)15-18(22)7-8-19-16-21(10-12-23(19)28)25(36)33(5)6/h9-12,15-17H,7-8,13-14,29H2,1-6H3,(H,30,31,37). The van der Waals surface area contributed by atoms with Crippen LogP contribution >= 0.6 is 0 Å². The van der Waals surface area contributed by atoms with Crippen molar-refractivity contribution in [3.8, 4) is 0 Å². The van der Waals surface area contributed by atoms with E-state index in [0.29, 0.717) is 42.8 Å². The Hall–Kier alpha value is -3.72. The minimum Gasteiger partial charge on any atom is -0.345 e. The lowest BCUT2D eigenvalue weighted by molar-refractivity contribution is 0.0820.